The van der Waals surface area contributed by atoms with Gasteiger partial charge in [0.1, 0.15) is 11.2 Å². The van der Waals surface area contributed by atoms with Gasteiger partial charge in [-0.05, 0) is 93.1 Å². The number of fused-ring (bicyclic) bond motifs is 14. The molecule has 4 nitrogen and oxygen atoms in total. The van der Waals surface area contributed by atoms with Gasteiger partial charge in [-0.15, -0.1) is 0 Å². The Kier molecular flexibility index (Phi) is 3.11. The van der Waals surface area contributed by atoms with Crippen LogP contribution in [0.3, 0.4) is 0 Å². The van der Waals surface area contributed by atoms with E-state index in [2.05, 4.69) is 69.0 Å². The molecular weight excluding hydrogens is 428 g/mol. The SMILES string of the molecule is c1ccc2c(c1)Cc1cc3c(cc1-2)-c1cc2c(cc1C3)c1ccncc1n1c3ccncc3nc21. The molecule has 2 aliphatic rings. The first-order valence-electron chi connectivity index (χ1n) is 12.0. The van der Waals surface area contributed by atoms with Gasteiger partial charge in [0, 0.05) is 23.2 Å². The van der Waals surface area contributed by atoms with Crippen LogP contribution in [0.2, 0.25) is 0 Å². The maximum Gasteiger partial charge on any atom is 0.146 e. The van der Waals surface area contributed by atoms with Crippen molar-refractivity contribution in [1.29, 1.82) is 0 Å². The van der Waals surface area contributed by atoms with Crippen molar-refractivity contribution in [3.05, 3.63) is 108 Å². The third-order valence-electron chi connectivity index (χ3n) is 7.96. The van der Waals surface area contributed by atoms with Crippen molar-refractivity contribution in [2.24, 2.45) is 0 Å². The highest BCUT2D eigenvalue weighted by Crippen LogP contribution is 2.46. The van der Waals surface area contributed by atoms with Crippen LogP contribution in [0.25, 0.3) is 60.6 Å². The Balaban J connectivity index is 1.40. The van der Waals surface area contributed by atoms with Crippen molar-refractivity contribution >= 4 is 38.4 Å². The number of imidazole rings is 1. The minimum atomic E-state index is 0.903. The molecular formula is C31H18N4. The van der Waals surface area contributed by atoms with E-state index in [1.807, 2.05) is 30.9 Å². The Morgan fingerprint density at radius 1 is 0.571 bits per heavy atom. The molecule has 162 valence electrons. The van der Waals surface area contributed by atoms with Crippen LogP contribution in [0.4, 0.5) is 0 Å². The lowest BCUT2D eigenvalue weighted by atomic mass is 9.96. The number of aromatic nitrogens is 4. The Morgan fingerprint density at radius 3 is 2.31 bits per heavy atom. The predicted molar refractivity (Wildman–Crippen MR) is 140 cm³/mol. The van der Waals surface area contributed by atoms with E-state index in [0.29, 0.717) is 0 Å². The molecule has 9 rings (SSSR count). The molecule has 0 unspecified atom stereocenters. The van der Waals surface area contributed by atoms with Crippen molar-refractivity contribution in [2.45, 2.75) is 12.8 Å². The van der Waals surface area contributed by atoms with Gasteiger partial charge in [-0.1, -0.05) is 30.3 Å². The van der Waals surface area contributed by atoms with E-state index in [1.54, 1.807) is 0 Å². The molecule has 0 N–H and O–H groups in total. The van der Waals surface area contributed by atoms with Crippen LogP contribution < -0.4 is 0 Å². The summed E-state index contributed by atoms with van der Waals surface area (Å²) in [4.78, 5) is 13.8. The van der Waals surface area contributed by atoms with Gasteiger partial charge in [0.05, 0.1) is 23.4 Å². The Hall–Kier alpha value is -4.57. The van der Waals surface area contributed by atoms with Crippen LogP contribution in [0.1, 0.15) is 22.3 Å². The summed E-state index contributed by atoms with van der Waals surface area (Å²) >= 11 is 0. The zero-order valence-corrected chi connectivity index (χ0v) is 18.8. The first-order chi connectivity index (χ1) is 17.3. The van der Waals surface area contributed by atoms with Gasteiger partial charge in [-0.2, -0.15) is 0 Å². The molecule has 0 radical (unpaired) electrons. The van der Waals surface area contributed by atoms with Gasteiger partial charge < -0.3 is 0 Å². The summed E-state index contributed by atoms with van der Waals surface area (Å²) in [5.74, 6) is 0. The first kappa shape index (κ1) is 17.8. The highest BCUT2D eigenvalue weighted by Gasteiger charge is 2.26. The van der Waals surface area contributed by atoms with Crippen LogP contribution in [0.5, 0.6) is 0 Å². The van der Waals surface area contributed by atoms with Gasteiger partial charge in [0.15, 0.2) is 0 Å². The number of nitrogens with zero attached hydrogens (tertiary/aromatic N) is 4. The summed E-state index contributed by atoms with van der Waals surface area (Å²) in [5.41, 5.74) is 15.2. The molecule has 7 aromatic rings. The first-order valence-corrected chi connectivity index (χ1v) is 12.0. The van der Waals surface area contributed by atoms with Gasteiger partial charge in [0.2, 0.25) is 0 Å². The van der Waals surface area contributed by atoms with Crippen molar-refractivity contribution in [1.82, 2.24) is 19.4 Å². The third kappa shape index (κ3) is 2.20. The monoisotopic (exact) mass is 446 g/mol. The summed E-state index contributed by atoms with van der Waals surface area (Å²) < 4.78 is 2.24. The van der Waals surface area contributed by atoms with Crippen LogP contribution >= 0.6 is 0 Å². The van der Waals surface area contributed by atoms with Crippen molar-refractivity contribution < 1.29 is 0 Å². The molecule has 0 aliphatic heterocycles. The molecule has 0 spiro atoms. The van der Waals surface area contributed by atoms with Gasteiger partial charge >= 0.3 is 0 Å². The topological polar surface area (TPSA) is 43.1 Å². The van der Waals surface area contributed by atoms with Crippen molar-refractivity contribution in [2.75, 3.05) is 0 Å². The quantitative estimate of drug-likeness (QED) is 0.243. The zero-order chi connectivity index (χ0) is 22.7. The third-order valence-corrected chi connectivity index (χ3v) is 7.96. The number of benzene rings is 3. The predicted octanol–water partition coefficient (Wildman–Crippen LogP) is 6.73. The lowest BCUT2D eigenvalue weighted by Crippen LogP contribution is -1.93. The largest absolute Gasteiger partial charge is 0.290 e. The minimum Gasteiger partial charge on any atom is -0.290 e. The minimum absolute atomic E-state index is 0.903. The summed E-state index contributed by atoms with van der Waals surface area (Å²) in [7, 11) is 0. The molecule has 0 atom stereocenters. The van der Waals surface area contributed by atoms with E-state index in [-0.39, 0.29) is 0 Å². The summed E-state index contributed by atoms with van der Waals surface area (Å²) in [6.07, 6.45) is 9.53. The molecule has 4 heteroatoms. The molecule has 4 heterocycles. The highest BCUT2D eigenvalue weighted by molar-refractivity contribution is 6.15. The summed E-state index contributed by atoms with van der Waals surface area (Å²) in [6.45, 7) is 0. The van der Waals surface area contributed by atoms with E-state index in [9.17, 15) is 0 Å². The van der Waals surface area contributed by atoms with Crippen molar-refractivity contribution in [3.63, 3.8) is 0 Å². The van der Waals surface area contributed by atoms with E-state index in [1.165, 1.54) is 60.7 Å². The molecule has 35 heavy (non-hydrogen) atoms. The second kappa shape index (κ2) is 6.10. The Morgan fingerprint density at radius 2 is 1.34 bits per heavy atom. The Bertz CT molecular complexity index is 2070. The molecule has 2 aliphatic carbocycles. The van der Waals surface area contributed by atoms with E-state index < -0.39 is 0 Å². The van der Waals surface area contributed by atoms with Gasteiger partial charge in [-0.3, -0.25) is 14.4 Å². The number of hydrogen-bond donors (Lipinski definition) is 0. The molecule has 0 saturated heterocycles. The molecule has 0 bridgehead atoms. The van der Waals surface area contributed by atoms with Crippen LogP contribution in [0.15, 0.2) is 85.5 Å². The lowest BCUT2D eigenvalue weighted by Gasteiger charge is -2.11. The molecule has 0 fully saturated rings. The number of rotatable bonds is 0. The van der Waals surface area contributed by atoms with Crippen molar-refractivity contribution in [3.8, 4) is 22.3 Å². The van der Waals surface area contributed by atoms with Gasteiger partial charge in [0.25, 0.3) is 0 Å². The van der Waals surface area contributed by atoms with E-state index >= 15 is 0 Å². The summed E-state index contributed by atoms with van der Waals surface area (Å²) in [5, 5.41) is 3.61. The fourth-order valence-corrected chi connectivity index (χ4v) is 6.44. The average Bonchev–Trinajstić information content (AvgIpc) is 3.57. The fraction of sp³-hybridized carbons (Fsp3) is 0.0645. The second-order valence-corrected chi connectivity index (χ2v) is 9.76. The molecule has 3 aromatic carbocycles. The molecule has 0 saturated carbocycles. The smallest absolute Gasteiger partial charge is 0.146 e. The fourth-order valence-electron chi connectivity index (χ4n) is 6.44. The number of hydrogen-bond acceptors (Lipinski definition) is 3. The van der Waals surface area contributed by atoms with E-state index in [4.69, 9.17) is 4.98 Å². The second-order valence-electron chi connectivity index (χ2n) is 9.76. The lowest BCUT2D eigenvalue weighted by molar-refractivity contribution is 1.21. The van der Waals surface area contributed by atoms with Crippen LogP contribution in [-0.2, 0) is 12.8 Å². The number of pyridine rings is 3. The van der Waals surface area contributed by atoms with Crippen LogP contribution in [0, 0.1) is 0 Å². The average molecular weight is 447 g/mol. The summed E-state index contributed by atoms with van der Waals surface area (Å²) in [6, 6.07) is 22.6. The maximum absolute atomic E-state index is 5.04. The molecule has 4 aromatic heterocycles. The van der Waals surface area contributed by atoms with Crippen LogP contribution in [-0.4, -0.2) is 19.4 Å². The standard InChI is InChI=1S/C31H18N4/c1-2-4-21-17(3-1)9-18-10-19-11-20-12-26-22-5-7-33-16-30(22)35-29-6-8-32-15-28(29)34-31(35)27(26)14-25(20)24(19)13-23(18)21/h1-8,10,12-16H,9,11H2. The maximum atomic E-state index is 5.04. The Labute approximate surface area is 200 Å². The normalized spacial score (nSPS) is 13.5. The highest BCUT2D eigenvalue weighted by atomic mass is 15.0. The van der Waals surface area contributed by atoms with Gasteiger partial charge in [-0.25, -0.2) is 4.98 Å². The van der Waals surface area contributed by atoms with E-state index in [0.717, 1.165) is 35.0 Å². The zero-order valence-electron chi connectivity index (χ0n) is 18.8. The molecule has 0 amide bonds.